The van der Waals surface area contributed by atoms with Gasteiger partial charge in [-0.15, -0.1) is 0 Å². The molecule has 10 rings (SSSR count). The first-order valence-corrected chi connectivity index (χ1v) is 19.1. The molecule has 330 valence electrons. The maximum Gasteiger partial charge on any atom is 0.157 e. The summed E-state index contributed by atoms with van der Waals surface area (Å²) >= 11 is 0. The molecule has 0 spiro atoms. The monoisotopic (exact) mass is 870 g/mol. The molecule has 63 heavy (non-hydrogen) atoms. The van der Waals surface area contributed by atoms with E-state index in [9.17, 15) is 76.6 Å². The van der Waals surface area contributed by atoms with Gasteiger partial charge in [-0.2, -0.15) is 0 Å². The van der Waals surface area contributed by atoms with E-state index in [0.29, 0.717) is 27.8 Å². The lowest BCUT2D eigenvalue weighted by Gasteiger charge is -2.34. The molecular weight excluding hydrogens is 828 g/mol. The molecule has 4 heterocycles. The Hall–Kier alpha value is -7.48. The van der Waals surface area contributed by atoms with Gasteiger partial charge >= 0.3 is 0 Å². The van der Waals surface area contributed by atoms with E-state index in [1.54, 1.807) is 0 Å². The predicted molar refractivity (Wildman–Crippen MR) is 217 cm³/mol. The van der Waals surface area contributed by atoms with Crippen molar-refractivity contribution in [2.75, 3.05) is 0 Å². The lowest BCUT2D eigenvalue weighted by molar-refractivity contribution is -0.0701. The summed E-state index contributed by atoms with van der Waals surface area (Å²) in [5.41, 5.74) is 2.25. The largest absolute Gasteiger partial charge is 0.508 e. The third kappa shape index (κ3) is 8.96. The SMILES string of the molecule is Oc1ccc([C@H]2Oc3cc(O)c(c(O)c3)C[C@@H]2O)cc1O.Oc1ccc2c(c1)O[C@@H](c1ccc(O)c(O)c1)[C@H](O)[C@H]2O.Oc1ccc2c(c1)O[C@H](c1ccc(O)c(O)c1)[C@H](O)[C@H]2O. The second-order valence-electron chi connectivity index (χ2n) is 14.9. The Kier molecular flexibility index (Phi) is 12.1. The van der Waals surface area contributed by atoms with E-state index < -0.39 is 48.8 Å². The maximum atomic E-state index is 10.3. The van der Waals surface area contributed by atoms with Crippen LogP contribution in [0.4, 0.5) is 0 Å². The van der Waals surface area contributed by atoms with E-state index in [4.69, 9.17) is 14.2 Å². The van der Waals surface area contributed by atoms with E-state index >= 15 is 0 Å². The van der Waals surface area contributed by atoms with Gasteiger partial charge in [-0.25, -0.2) is 0 Å². The molecule has 4 aliphatic heterocycles. The highest BCUT2D eigenvalue weighted by atomic mass is 16.5. The van der Waals surface area contributed by atoms with Crippen molar-refractivity contribution in [1.29, 1.82) is 0 Å². The summed E-state index contributed by atoms with van der Waals surface area (Å²) in [5, 5.41) is 146. The van der Waals surface area contributed by atoms with Crippen molar-refractivity contribution in [2.24, 2.45) is 0 Å². The molecule has 0 amide bonds. The highest BCUT2D eigenvalue weighted by Crippen LogP contribution is 2.46. The Morgan fingerprint density at radius 1 is 0.365 bits per heavy atom. The van der Waals surface area contributed by atoms with Crippen molar-refractivity contribution in [2.45, 2.75) is 55.3 Å². The summed E-state index contributed by atoms with van der Waals surface area (Å²) in [6, 6.07) is 23.3. The van der Waals surface area contributed by atoms with Crippen molar-refractivity contribution in [3.05, 3.63) is 137 Å². The summed E-state index contributed by atoms with van der Waals surface area (Å²) in [5.74, 6) is -1.48. The Morgan fingerprint density at radius 3 is 1.13 bits per heavy atom. The first-order valence-electron chi connectivity index (χ1n) is 19.1. The molecule has 0 unspecified atom stereocenters. The van der Waals surface area contributed by atoms with Crippen LogP contribution in [0.25, 0.3) is 0 Å². The van der Waals surface area contributed by atoms with Crippen LogP contribution < -0.4 is 14.2 Å². The highest BCUT2D eigenvalue weighted by Gasteiger charge is 2.39. The number of aromatic hydroxyl groups is 10. The molecule has 0 saturated carbocycles. The fourth-order valence-corrected chi connectivity index (χ4v) is 7.26. The maximum absolute atomic E-state index is 10.3. The van der Waals surface area contributed by atoms with Crippen molar-refractivity contribution in [3.63, 3.8) is 0 Å². The number of phenolic OH excluding ortho intramolecular Hbond substituents is 10. The molecule has 2 bridgehead atoms. The zero-order valence-corrected chi connectivity index (χ0v) is 32.6. The minimum absolute atomic E-state index is 0.00967. The number of fused-ring (bicyclic) bond motifs is 7. The Labute approximate surface area is 356 Å². The van der Waals surface area contributed by atoms with Crippen LogP contribution in [0.5, 0.6) is 74.7 Å². The smallest absolute Gasteiger partial charge is 0.157 e. The Balaban J connectivity index is 0.000000142. The molecule has 0 aromatic heterocycles. The molecule has 0 saturated heterocycles. The van der Waals surface area contributed by atoms with E-state index in [1.165, 1.54) is 103 Å². The van der Waals surface area contributed by atoms with Gasteiger partial charge < -0.3 is 90.8 Å². The standard InChI is InChI=1S/3C15H14O6/c2*16-8-2-3-9-12(6-8)21-15(14(20)13(9)19)7-1-4-10(17)11(18)5-7;16-10-2-1-7(3-13(10)19)15-14(20)6-9-11(17)4-8(21-15)5-12(9)18/h2*1-6,13-20H;1-5,14-20H,6H2/t13-,14+,15+;13-,14+,15-;14-,15+/m000/s1. The quantitative estimate of drug-likeness (QED) is 0.111. The minimum atomic E-state index is -1.24. The highest BCUT2D eigenvalue weighted by molar-refractivity contribution is 5.52. The zero-order valence-electron chi connectivity index (χ0n) is 32.6. The van der Waals surface area contributed by atoms with Crippen LogP contribution in [0.15, 0.2) is 103 Å². The second-order valence-corrected chi connectivity index (χ2v) is 14.9. The van der Waals surface area contributed by atoms with Crippen molar-refractivity contribution < 1.29 is 90.8 Å². The van der Waals surface area contributed by atoms with Crippen LogP contribution in [0, 0.1) is 0 Å². The van der Waals surface area contributed by atoms with Crippen molar-refractivity contribution in [3.8, 4) is 74.7 Å². The van der Waals surface area contributed by atoms with E-state index in [0.717, 1.165) is 0 Å². The molecule has 0 radical (unpaired) electrons. The summed E-state index contributed by atoms with van der Waals surface area (Å²) in [7, 11) is 0. The number of benzene rings is 6. The summed E-state index contributed by atoms with van der Waals surface area (Å²) < 4.78 is 16.8. The average molecular weight is 871 g/mol. The van der Waals surface area contributed by atoms with Crippen LogP contribution in [-0.4, -0.2) is 94.9 Å². The third-order valence-electron chi connectivity index (χ3n) is 10.6. The molecule has 6 aromatic carbocycles. The summed E-state index contributed by atoms with van der Waals surface area (Å²) in [6.45, 7) is 0. The van der Waals surface area contributed by atoms with Gasteiger partial charge in [0.1, 0.15) is 70.8 Å². The lowest BCUT2D eigenvalue weighted by Crippen LogP contribution is -2.34. The molecule has 0 aliphatic carbocycles. The van der Waals surface area contributed by atoms with Crippen LogP contribution in [-0.2, 0) is 6.42 Å². The number of ether oxygens (including phenoxy) is 3. The molecule has 18 heteroatoms. The van der Waals surface area contributed by atoms with E-state index in [2.05, 4.69) is 0 Å². The molecule has 18 nitrogen and oxygen atoms in total. The van der Waals surface area contributed by atoms with Crippen molar-refractivity contribution in [1.82, 2.24) is 0 Å². The summed E-state index contributed by atoms with van der Waals surface area (Å²) in [6.07, 6.45) is -8.56. The number of rotatable bonds is 3. The third-order valence-corrected chi connectivity index (χ3v) is 10.6. The fraction of sp³-hybridized carbons (Fsp3) is 0.200. The first-order chi connectivity index (χ1) is 29.9. The van der Waals surface area contributed by atoms with Gasteiger partial charge in [0.2, 0.25) is 0 Å². The topological polar surface area (TPSA) is 331 Å². The Bertz CT molecular complexity index is 2490. The predicted octanol–water partition coefficient (Wildman–Crippen LogP) is 4.21. The van der Waals surface area contributed by atoms with Gasteiger partial charge in [0, 0.05) is 47.4 Å². The van der Waals surface area contributed by atoms with E-state index in [1.807, 2.05) is 0 Å². The van der Waals surface area contributed by atoms with Gasteiger partial charge in [-0.3, -0.25) is 0 Å². The number of hydrogen-bond acceptors (Lipinski definition) is 18. The van der Waals surface area contributed by atoms with Crippen LogP contribution in [0.3, 0.4) is 0 Å². The Morgan fingerprint density at radius 2 is 0.746 bits per heavy atom. The van der Waals surface area contributed by atoms with Gasteiger partial charge in [0.05, 0.1) is 6.10 Å². The van der Waals surface area contributed by atoms with Gasteiger partial charge in [-0.1, -0.05) is 18.2 Å². The molecule has 0 fully saturated rings. The van der Waals surface area contributed by atoms with E-state index in [-0.39, 0.29) is 86.7 Å². The molecule has 4 aliphatic rings. The first kappa shape index (κ1) is 43.6. The van der Waals surface area contributed by atoms with Gasteiger partial charge in [0.15, 0.2) is 46.7 Å². The summed E-state index contributed by atoms with van der Waals surface area (Å²) in [4.78, 5) is 0. The second kappa shape index (κ2) is 17.5. The zero-order chi connectivity index (χ0) is 45.4. The number of hydrogen-bond donors (Lipinski definition) is 15. The van der Waals surface area contributed by atoms with Crippen LogP contribution in [0.2, 0.25) is 0 Å². The molecular formula is C45H42O18. The number of aliphatic hydroxyl groups excluding tert-OH is 5. The van der Waals surface area contributed by atoms with Crippen LogP contribution in [0.1, 0.15) is 63.9 Å². The fourth-order valence-electron chi connectivity index (χ4n) is 7.26. The number of phenols is 10. The van der Waals surface area contributed by atoms with Crippen LogP contribution >= 0.6 is 0 Å². The number of aliphatic hydroxyl groups is 5. The molecule has 15 N–H and O–H groups in total. The van der Waals surface area contributed by atoms with Gasteiger partial charge in [0.25, 0.3) is 0 Å². The normalized spacial score (nSPS) is 23.0. The minimum Gasteiger partial charge on any atom is -0.508 e. The molecule has 8 atom stereocenters. The average Bonchev–Trinajstić information content (AvgIpc) is 3.24. The van der Waals surface area contributed by atoms with Crippen molar-refractivity contribution >= 4 is 0 Å². The molecule has 6 aromatic rings. The lowest BCUT2D eigenvalue weighted by atomic mass is 9.92. The van der Waals surface area contributed by atoms with Gasteiger partial charge in [-0.05, 0) is 77.4 Å².